The minimum atomic E-state index is -1.16. The lowest BCUT2D eigenvalue weighted by Gasteiger charge is -2.20. The molecule has 0 radical (unpaired) electrons. The summed E-state index contributed by atoms with van der Waals surface area (Å²) in [7, 11) is 2.80. The van der Waals surface area contributed by atoms with Crippen molar-refractivity contribution in [2.24, 2.45) is 5.92 Å². The highest BCUT2D eigenvalue weighted by Gasteiger charge is 2.47. The SMILES string of the molecule is CN1C(=O)C(C#N)C(Oc2ccc3ncccc3c2)=[N+](C)C1=O. The number of hydrogen-bond acceptors (Lipinski definition) is 5. The number of urea groups is 1. The standard InChI is InChI=1S/C16H13N4O3/c1-19-14(21)12(9-17)15(20(2)16(19)22)23-11-5-6-13-10(8-11)4-3-7-18-13/h3-8,12H,1-2H3/q+1. The number of carbonyl (C=O) groups excluding carboxylic acids is 2. The highest BCUT2D eigenvalue weighted by molar-refractivity contribution is 6.10. The van der Waals surface area contributed by atoms with Gasteiger partial charge in [-0.1, -0.05) is 6.07 Å². The van der Waals surface area contributed by atoms with Gasteiger partial charge in [-0.3, -0.25) is 4.98 Å². The zero-order chi connectivity index (χ0) is 16.6. The molecule has 114 valence electrons. The summed E-state index contributed by atoms with van der Waals surface area (Å²) >= 11 is 0. The monoisotopic (exact) mass is 309 g/mol. The van der Waals surface area contributed by atoms with Gasteiger partial charge in [0.15, 0.2) is 0 Å². The maximum absolute atomic E-state index is 12.1. The van der Waals surface area contributed by atoms with Gasteiger partial charge in [-0.25, -0.2) is 4.79 Å². The maximum Gasteiger partial charge on any atom is 0.503 e. The number of rotatable bonds is 1. The molecule has 0 bridgehead atoms. The zero-order valence-corrected chi connectivity index (χ0v) is 12.6. The molecule has 1 aromatic carbocycles. The van der Waals surface area contributed by atoms with Crippen LogP contribution in [0, 0.1) is 17.2 Å². The van der Waals surface area contributed by atoms with E-state index in [4.69, 9.17) is 4.74 Å². The fourth-order valence-corrected chi connectivity index (χ4v) is 2.38. The Bertz CT molecular complexity index is 898. The van der Waals surface area contributed by atoms with Crippen molar-refractivity contribution in [2.75, 3.05) is 14.1 Å². The average molecular weight is 309 g/mol. The Labute approximate surface area is 132 Å². The van der Waals surface area contributed by atoms with Crippen LogP contribution in [0.2, 0.25) is 0 Å². The summed E-state index contributed by atoms with van der Waals surface area (Å²) in [6.07, 6.45) is 1.69. The van der Waals surface area contributed by atoms with Crippen LogP contribution in [0.5, 0.6) is 5.75 Å². The van der Waals surface area contributed by atoms with Crippen LogP contribution in [0.15, 0.2) is 36.5 Å². The molecule has 3 amide bonds. The number of nitrogens with zero attached hydrogens (tertiary/aromatic N) is 4. The number of nitriles is 1. The van der Waals surface area contributed by atoms with Crippen molar-refractivity contribution in [2.45, 2.75) is 0 Å². The molecule has 7 heteroatoms. The van der Waals surface area contributed by atoms with Crippen molar-refractivity contribution >= 4 is 28.7 Å². The average Bonchev–Trinajstić information content (AvgIpc) is 2.58. The second kappa shape index (κ2) is 5.50. The Morgan fingerprint density at radius 2 is 2.13 bits per heavy atom. The van der Waals surface area contributed by atoms with Gasteiger partial charge in [0, 0.05) is 11.6 Å². The summed E-state index contributed by atoms with van der Waals surface area (Å²) in [5.41, 5.74) is 0.797. The van der Waals surface area contributed by atoms with Crippen molar-refractivity contribution in [1.82, 2.24) is 9.88 Å². The Hall–Kier alpha value is -3.27. The summed E-state index contributed by atoms with van der Waals surface area (Å²) in [6, 6.07) is 10.2. The number of carbonyl (C=O) groups is 2. The Morgan fingerprint density at radius 1 is 1.35 bits per heavy atom. The lowest BCUT2D eigenvalue weighted by molar-refractivity contribution is -0.415. The smallest absolute Gasteiger partial charge is 0.425 e. The first-order chi connectivity index (χ1) is 11.0. The number of ether oxygens (including phenoxy) is 1. The Morgan fingerprint density at radius 3 is 2.87 bits per heavy atom. The minimum Gasteiger partial charge on any atom is -0.425 e. The Kier molecular flexibility index (Phi) is 3.50. The molecular formula is C16H13N4O3+. The van der Waals surface area contributed by atoms with Gasteiger partial charge in [-0.15, -0.1) is 0 Å². The van der Waals surface area contributed by atoms with Crippen molar-refractivity contribution in [3.05, 3.63) is 36.5 Å². The Balaban J connectivity index is 2.03. The number of pyridine rings is 1. The summed E-state index contributed by atoms with van der Waals surface area (Å²) in [5, 5.41) is 10.1. The molecule has 2 heterocycles. The van der Waals surface area contributed by atoms with Gasteiger partial charge in [0.1, 0.15) is 5.75 Å². The third kappa shape index (κ3) is 2.40. The molecule has 1 aliphatic heterocycles. The van der Waals surface area contributed by atoms with Gasteiger partial charge >= 0.3 is 11.9 Å². The van der Waals surface area contributed by atoms with Gasteiger partial charge in [-0.2, -0.15) is 19.5 Å². The first-order valence-corrected chi connectivity index (χ1v) is 6.87. The second-order valence-electron chi connectivity index (χ2n) is 5.10. The summed E-state index contributed by atoms with van der Waals surface area (Å²) in [6.45, 7) is 0. The van der Waals surface area contributed by atoms with Crippen LogP contribution in [0.1, 0.15) is 0 Å². The largest absolute Gasteiger partial charge is 0.503 e. The van der Waals surface area contributed by atoms with Crippen LogP contribution < -0.4 is 4.74 Å². The molecule has 0 fully saturated rings. The molecule has 1 aromatic heterocycles. The van der Waals surface area contributed by atoms with Crippen molar-refractivity contribution in [3.8, 4) is 11.8 Å². The fourth-order valence-electron chi connectivity index (χ4n) is 2.38. The molecule has 2 aromatic rings. The van der Waals surface area contributed by atoms with Crippen LogP contribution in [-0.2, 0) is 4.79 Å². The van der Waals surface area contributed by atoms with E-state index in [1.807, 2.05) is 12.1 Å². The van der Waals surface area contributed by atoms with Crippen LogP contribution in [0.4, 0.5) is 4.79 Å². The first-order valence-electron chi connectivity index (χ1n) is 6.87. The van der Waals surface area contributed by atoms with Gasteiger partial charge in [-0.05, 0) is 24.3 Å². The van der Waals surface area contributed by atoms with Gasteiger partial charge in [0.25, 0.3) is 5.90 Å². The van der Waals surface area contributed by atoms with Crippen molar-refractivity contribution in [1.29, 1.82) is 5.26 Å². The zero-order valence-electron chi connectivity index (χ0n) is 12.6. The van der Waals surface area contributed by atoms with Crippen LogP contribution in [-0.4, -0.2) is 46.4 Å². The van der Waals surface area contributed by atoms with Gasteiger partial charge in [0.05, 0.1) is 25.7 Å². The van der Waals surface area contributed by atoms with E-state index in [0.717, 1.165) is 15.8 Å². The van der Waals surface area contributed by atoms with Crippen LogP contribution in [0.3, 0.4) is 0 Å². The lowest BCUT2D eigenvalue weighted by Crippen LogP contribution is -2.53. The van der Waals surface area contributed by atoms with E-state index in [2.05, 4.69) is 4.98 Å². The number of imide groups is 1. The van der Waals surface area contributed by atoms with E-state index in [9.17, 15) is 14.9 Å². The quantitative estimate of drug-likeness (QED) is 0.743. The molecule has 0 N–H and O–H groups in total. The molecule has 23 heavy (non-hydrogen) atoms. The molecular weight excluding hydrogens is 296 g/mol. The molecule has 0 saturated heterocycles. The normalized spacial score (nSPS) is 18.3. The number of amides is 3. The van der Waals surface area contributed by atoms with Crippen LogP contribution in [0.25, 0.3) is 10.9 Å². The molecule has 0 saturated carbocycles. The second-order valence-corrected chi connectivity index (χ2v) is 5.10. The molecule has 0 spiro atoms. The van der Waals surface area contributed by atoms with Gasteiger partial charge < -0.3 is 4.74 Å². The van der Waals surface area contributed by atoms with Crippen molar-refractivity contribution in [3.63, 3.8) is 0 Å². The fraction of sp³-hybridized carbons (Fsp3) is 0.188. The predicted molar refractivity (Wildman–Crippen MR) is 80.8 cm³/mol. The summed E-state index contributed by atoms with van der Waals surface area (Å²) in [4.78, 5) is 29.2. The highest BCUT2D eigenvalue weighted by Crippen LogP contribution is 2.21. The van der Waals surface area contributed by atoms with E-state index in [1.54, 1.807) is 30.5 Å². The highest BCUT2D eigenvalue weighted by atomic mass is 16.5. The van der Waals surface area contributed by atoms with Gasteiger partial charge in [0.2, 0.25) is 5.92 Å². The van der Waals surface area contributed by atoms with E-state index in [0.29, 0.717) is 5.75 Å². The van der Waals surface area contributed by atoms with E-state index in [1.165, 1.54) is 18.7 Å². The van der Waals surface area contributed by atoms with Crippen LogP contribution >= 0.6 is 0 Å². The number of fused-ring (bicyclic) bond motifs is 1. The molecule has 0 aliphatic carbocycles. The maximum atomic E-state index is 12.1. The summed E-state index contributed by atoms with van der Waals surface area (Å²) < 4.78 is 6.86. The molecule has 1 aliphatic rings. The number of aromatic nitrogens is 1. The van der Waals surface area contributed by atoms with E-state index < -0.39 is 17.9 Å². The molecule has 7 nitrogen and oxygen atoms in total. The van der Waals surface area contributed by atoms with E-state index in [-0.39, 0.29) is 5.90 Å². The molecule has 1 atom stereocenters. The predicted octanol–water partition coefficient (Wildman–Crippen LogP) is 1.39. The lowest BCUT2D eigenvalue weighted by atomic mass is 10.1. The third-order valence-electron chi connectivity index (χ3n) is 3.65. The van der Waals surface area contributed by atoms with Crippen molar-refractivity contribution < 1.29 is 18.9 Å². The molecule has 1 unspecified atom stereocenters. The minimum absolute atomic E-state index is 0.00356. The van der Waals surface area contributed by atoms with E-state index >= 15 is 0 Å². The summed E-state index contributed by atoms with van der Waals surface area (Å²) in [5.74, 6) is -1.33. The third-order valence-corrected chi connectivity index (χ3v) is 3.65. The topological polar surface area (TPSA) is 86.3 Å². The first kappa shape index (κ1) is 14.7. The molecule has 3 rings (SSSR count). The number of benzene rings is 1. The number of hydrogen-bond donors (Lipinski definition) is 0.